The average molecular weight is 353 g/mol. The summed E-state index contributed by atoms with van der Waals surface area (Å²) < 4.78 is 18.4. The van der Waals surface area contributed by atoms with Crippen LogP contribution in [0.3, 0.4) is 0 Å². The number of hydrogen-bond donors (Lipinski definition) is 3. The van der Waals surface area contributed by atoms with Crippen molar-refractivity contribution in [3.63, 3.8) is 0 Å². The van der Waals surface area contributed by atoms with E-state index in [1.165, 1.54) is 18.5 Å². The highest BCUT2D eigenvalue weighted by Crippen LogP contribution is 2.27. The molecule has 3 aromatic rings. The van der Waals surface area contributed by atoms with E-state index in [0.29, 0.717) is 30.5 Å². The van der Waals surface area contributed by atoms with E-state index in [2.05, 4.69) is 20.6 Å². The van der Waals surface area contributed by atoms with E-state index in [4.69, 9.17) is 10.5 Å². The Morgan fingerprint density at radius 1 is 1.00 bits per heavy atom. The number of nitrogens with zero attached hydrogens (tertiary/aromatic N) is 2. The minimum atomic E-state index is -0.267. The number of nitrogens with two attached hydrogens (primary N) is 1. The van der Waals surface area contributed by atoms with E-state index in [0.717, 1.165) is 17.0 Å². The minimum Gasteiger partial charge on any atom is -0.494 e. The van der Waals surface area contributed by atoms with Crippen molar-refractivity contribution in [1.29, 1.82) is 0 Å². The van der Waals surface area contributed by atoms with E-state index in [1.54, 1.807) is 12.1 Å². The van der Waals surface area contributed by atoms with Crippen LogP contribution in [0.25, 0.3) is 0 Å². The molecule has 6 nitrogen and oxygen atoms in total. The summed E-state index contributed by atoms with van der Waals surface area (Å²) in [5, 5.41) is 6.31. The lowest BCUT2D eigenvalue weighted by atomic mass is 10.2. The monoisotopic (exact) mass is 353 g/mol. The number of benzene rings is 2. The fourth-order valence-electron chi connectivity index (χ4n) is 2.36. The molecular formula is C19H20FN5O. The molecule has 2 aromatic carbocycles. The first-order valence-corrected chi connectivity index (χ1v) is 8.24. The van der Waals surface area contributed by atoms with E-state index < -0.39 is 0 Å². The summed E-state index contributed by atoms with van der Waals surface area (Å²) in [5.74, 6) is 1.55. The van der Waals surface area contributed by atoms with Gasteiger partial charge in [0.05, 0.1) is 6.61 Å². The standard InChI is InChI=1S/C19H20FN5O/c1-2-26-16-9-7-15(8-10-16)25-19-17(21)18(23-12-24-19)22-11-13-3-5-14(20)6-4-13/h3-10,12H,2,11,21H2,1H3,(H2,22,23,24,25). The van der Waals surface area contributed by atoms with Crippen LogP contribution in [0.2, 0.25) is 0 Å². The fourth-order valence-corrected chi connectivity index (χ4v) is 2.36. The summed E-state index contributed by atoms with van der Waals surface area (Å²) in [4.78, 5) is 8.36. The van der Waals surface area contributed by atoms with E-state index in [-0.39, 0.29) is 5.82 Å². The lowest BCUT2D eigenvalue weighted by Gasteiger charge is -2.13. The number of nitrogens with one attached hydrogen (secondary N) is 2. The third-order valence-electron chi connectivity index (χ3n) is 3.69. The normalized spacial score (nSPS) is 10.4. The summed E-state index contributed by atoms with van der Waals surface area (Å²) in [5.41, 5.74) is 8.33. The first kappa shape index (κ1) is 17.5. The van der Waals surface area contributed by atoms with Gasteiger partial charge in [-0.3, -0.25) is 0 Å². The van der Waals surface area contributed by atoms with E-state index >= 15 is 0 Å². The third kappa shape index (κ3) is 4.38. The maximum absolute atomic E-state index is 13.0. The number of halogens is 1. The molecule has 0 atom stereocenters. The second-order valence-corrected chi connectivity index (χ2v) is 5.55. The second-order valence-electron chi connectivity index (χ2n) is 5.55. The molecule has 0 saturated carbocycles. The largest absolute Gasteiger partial charge is 0.494 e. The van der Waals surface area contributed by atoms with Crippen molar-refractivity contribution in [2.45, 2.75) is 13.5 Å². The van der Waals surface area contributed by atoms with Crippen LogP contribution in [0.4, 0.5) is 27.4 Å². The van der Waals surface area contributed by atoms with Crippen molar-refractivity contribution in [2.75, 3.05) is 23.0 Å². The number of hydrogen-bond acceptors (Lipinski definition) is 6. The molecule has 0 unspecified atom stereocenters. The smallest absolute Gasteiger partial charge is 0.159 e. The van der Waals surface area contributed by atoms with Gasteiger partial charge in [-0.15, -0.1) is 0 Å². The van der Waals surface area contributed by atoms with Crippen molar-refractivity contribution in [1.82, 2.24) is 9.97 Å². The maximum atomic E-state index is 13.0. The molecule has 0 radical (unpaired) electrons. The SMILES string of the molecule is CCOc1ccc(Nc2ncnc(NCc3ccc(F)cc3)c2N)cc1. The van der Waals surface area contributed by atoms with Gasteiger partial charge in [0.2, 0.25) is 0 Å². The number of ether oxygens (including phenoxy) is 1. The quantitative estimate of drug-likeness (QED) is 0.596. The van der Waals surface area contributed by atoms with Gasteiger partial charge in [-0.25, -0.2) is 14.4 Å². The summed E-state index contributed by atoms with van der Waals surface area (Å²) in [7, 11) is 0. The molecule has 7 heteroatoms. The predicted molar refractivity (Wildman–Crippen MR) is 101 cm³/mol. The molecule has 0 amide bonds. The molecule has 4 N–H and O–H groups in total. The molecule has 134 valence electrons. The summed E-state index contributed by atoms with van der Waals surface area (Å²) in [6, 6.07) is 13.8. The van der Waals surface area contributed by atoms with Crippen molar-refractivity contribution in [2.24, 2.45) is 0 Å². The van der Waals surface area contributed by atoms with Gasteiger partial charge in [0, 0.05) is 12.2 Å². The predicted octanol–water partition coefficient (Wildman–Crippen LogP) is 3.95. The molecule has 3 rings (SSSR count). The molecule has 0 aliphatic heterocycles. The lowest BCUT2D eigenvalue weighted by molar-refractivity contribution is 0.340. The number of rotatable bonds is 7. The molecule has 0 saturated heterocycles. The third-order valence-corrected chi connectivity index (χ3v) is 3.69. The highest BCUT2D eigenvalue weighted by Gasteiger charge is 2.08. The first-order chi connectivity index (χ1) is 12.7. The van der Waals surface area contributed by atoms with Crippen LogP contribution >= 0.6 is 0 Å². The van der Waals surface area contributed by atoms with E-state index in [1.807, 2.05) is 31.2 Å². The van der Waals surface area contributed by atoms with Crippen LogP contribution in [-0.2, 0) is 6.54 Å². The number of nitrogen functional groups attached to an aromatic ring is 1. The zero-order valence-electron chi connectivity index (χ0n) is 14.4. The van der Waals surface area contributed by atoms with Crippen LogP contribution in [0.5, 0.6) is 5.75 Å². The molecule has 26 heavy (non-hydrogen) atoms. The van der Waals surface area contributed by atoms with Gasteiger partial charge in [-0.05, 0) is 48.9 Å². The lowest BCUT2D eigenvalue weighted by Crippen LogP contribution is -2.08. The summed E-state index contributed by atoms with van der Waals surface area (Å²) in [6.07, 6.45) is 1.43. The molecule has 1 heterocycles. The van der Waals surface area contributed by atoms with Gasteiger partial charge < -0.3 is 21.1 Å². The zero-order valence-corrected chi connectivity index (χ0v) is 14.4. The van der Waals surface area contributed by atoms with Gasteiger partial charge >= 0.3 is 0 Å². The zero-order chi connectivity index (χ0) is 18.4. The van der Waals surface area contributed by atoms with E-state index in [9.17, 15) is 4.39 Å². The van der Waals surface area contributed by atoms with Crippen LogP contribution in [0, 0.1) is 5.82 Å². The van der Waals surface area contributed by atoms with Gasteiger partial charge in [0.1, 0.15) is 23.6 Å². The Morgan fingerprint density at radius 2 is 1.69 bits per heavy atom. The second kappa shape index (κ2) is 8.15. The Kier molecular flexibility index (Phi) is 5.48. The molecule has 0 spiro atoms. The Balaban J connectivity index is 1.69. The first-order valence-electron chi connectivity index (χ1n) is 8.24. The molecule has 0 fully saturated rings. The van der Waals surface area contributed by atoms with Gasteiger partial charge in [0.15, 0.2) is 11.6 Å². The van der Waals surface area contributed by atoms with Gasteiger partial charge in [-0.2, -0.15) is 0 Å². The topological polar surface area (TPSA) is 85.1 Å². The van der Waals surface area contributed by atoms with Crippen LogP contribution in [0.15, 0.2) is 54.9 Å². The van der Waals surface area contributed by atoms with Gasteiger partial charge in [-0.1, -0.05) is 12.1 Å². The molecule has 0 aliphatic rings. The fraction of sp³-hybridized carbons (Fsp3) is 0.158. The Hall–Kier alpha value is -3.35. The molecular weight excluding hydrogens is 333 g/mol. The number of aromatic nitrogens is 2. The Bertz CT molecular complexity index is 853. The minimum absolute atomic E-state index is 0.267. The maximum Gasteiger partial charge on any atom is 0.159 e. The van der Waals surface area contributed by atoms with Gasteiger partial charge in [0.25, 0.3) is 0 Å². The Morgan fingerprint density at radius 3 is 2.38 bits per heavy atom. The number of anilines is 4. The van der Waals surface area contributed by atoms with Crippen molar-refractivity contribution >= 4 is 23.0 Å². The summed E-state index contributed by atoms with van der Waals surface area (Å²) >= 11 is 0. The average Bonchev–Trinajstić information content (AvgIpc) is 2.65. The van der Waals surface area contributed by atoms with Crippen molar-refractivity contribution in [3.8, 4) is 5.75 Å². The summed E-state index contributed by atoms with van der Waals surface area (Å²) in [6.45, 7) is 3.03. The molecule has 1 aromatic heterocycles. The highest BCUT2D eigenvalue weighted by molar-refractivity contribution is 5.77. The molecule has 0 bridgehead atoms. The van der Waals surface area contributed by atoms with Crippen LogP contribution in [-0.4, -0.2) is 16.6 Å². The van der Waals surface area contributed by atoms with Crippen LogP contribution < -0.4 is 21.1 Å². The molecule has 0 aliphatic carbocycles. The van der Waals surface area contributed by atoms with Crippen molar-refractivity contribution < 1.29 is 9.13 Å². The highest BCUT2D eigenvalue weighted by atomic mass is 19.1. The van der Waals surface area contributed by atoms with Crippen molar-refractivity contribution in [3.05, 3.63) is 66.2 Å². The van der Waals surface area contributed by atoms with Crippen LogP contribution in [0.1, 0.15) is 12.5 Å². The Labute approximate surface area is 151 Å².